The summed E-state index contributed by atoms with van der Waals surface area (Å²) in [5, 5.41) is 29.9. The Balaban J connectivity index is 5.94. The fourth-order valence-electron chi connectivity index (χ4n) is 9.27. The van der Waals surface area contributed by atoms with Crippen LogP contribution in [-0.2, 0) is 52.7 Å². The van der Waals surface area contributed by atoms with Gasteiger partial charge < -0.3 is 58.5 Å². The van der Waals surface area contributed by atoms with Crippen LogP contribution in [0.1, 0.15) is 256 Å². The van der Waals surface area contributed by atoms with Gasteiger partial charge in [0.05, 0.1) is 13.1 Å². The SMILES string of the molecule is CCCCC[C@@H](C)NC(=O)[C@H](CCCCC)NC(=O)[C@H](CCCCC)NC(=O)CNC(=O)[C@H](C)NC(=O)[C@H](CCCCC)NC(=O)[C@H](CCCCC)NC(=O)CNC(=O)[C@H](C)NC(=O)[C@H](CCCCC)NC(=O)[C@H](CCCCC)NC(C)=O. The van der Waals surface area contributed by atoms with Gasteiger partial charge in [-0.1, -0.05) is 183 Å². The average Bonchev–Trinajstić information content (AvgIpc) is 3.44. The van der Waals surface area contributed by atoms with Crippen LogP contribution in [0.2, 0.25) is 0 Å². The first kappa shape index (κ1) is 77.2. The van der Waals surface area contributed by atoms with Crippen LogP contribution in [0.15, 0.2) is 0 Å². The molecule has 0 aromatic carbocycles. The zero-order valence-electron chi connectivity index (χ0n) is 52.9. The molecule has 0 saturated carbocycles. The number of carbonyl (C=O) groups is 11. The Bertz CT molecular complexity index is 1940. The summed E-state index contributed by atoms with van der Waals surface area (Å²) in [6, 6.07) is -8.09. The topological polar surface area (TPSA) is 320 Å². The molecule has 0 radical (unpaired) electrons. The summed E-state index contributed by atoms with van der Waals surface area (Å²) >= 11 is 0. The molecule has 9 atom stereocenters. The van der Waals surface area contributed by atoms with Gasteiger partial charge in [0, 0.05) is 13.0 Å². The first-order chi connectivity index (χ1) is 39.6. The molecule has 0 aliphatic rings. The summed E-state index contributed by atoms with van der Waals surface area (Å²) in [5.41, 5.74) is 0. The molecule has 0 spiro atoms. The molecule has 0 unspecified atom stereocenters. The molecule has 11 amide bonds. The number of nitrogens with one attached hydrogen (secondary N) is 11. The minimum absolute atomic E-state index is 0.0624. The summed E-state index contributed by atoms with van der Waals surface area (Å²) in [4.78, 5) is 147. The van der Waals surface area contributed by atoms with E-state index in [2.05, 4.69) is 72.3 Å². The Morgan fingerprint density at radius 2 is 0.494 bits per heavy atom. The first-order valence-corrected chi connectivity index (χ1v) is 31.9. The molecule has 22 nitrogen and oxygen atoms in total. The maximum Gasteiger partial charge on any atom is 0.243 e. The van der Waals surface area contributed by atoms with Gasteiger partial charge in [-0.3, -0.25) is 52.7 Å². The predicted octanol–water partition coefficient (Wildman–Crippen LogP) is 5.72. The van der Waals surface area contributed by atoms with E-state index in [-0.39, 0.29) is 30.7 Å². The highest BCUT2D eigenvalue weighted by Gasteiger charge is 2.32. The highest BCUT2D eigenvalue weighted by molar-refractivity contribution is 5.97. The van der Waals surface area contributed by atoms with Crippen molar-refractivity contribution in [2.75, 3.05) is 13.1 Å². The van der Waals surface area contributed by atoms with Gasteiger partial charge in [-0.05, 0) is 65.7 Å². The molecule has 0 aliphatic heterocycles. The van der Waals surface area contributed by atoms with Gasteiger partial charge in [-0.25, -0.2) is 0 Å². The number of carbonyl (C=O) groups excluding carboxylic acids is 11. The Morgan fingerprint density at radius 1 is 0.265 bits per heavy atom. The Kier molecular flexibility index (Phi) is 44.2. The highest BCUT2D eigenvalue weighted by atomic mass is 16.2. The summed E-state index contributed by atoms with van der Waals surface area (Å²) < 4.78 is 0. The lowest BCUT2D eigenvalue weighted by atomic mass is 10.0. The van der Waals surface area contributed by atoms with Crippen molar-refractivity contribution >= 4 is 65.0 Å². The van der Waals surface area contributed by atoms with E-state index in [1.165, 1.54) is 20.8 Å². The molecule has 0 heterocycles. The van der Waals surface area contributed by atoms with Crippen molar-refractivity contribution in [3.63, 3.8) is 0 Å². The zero-order valence-corrected chi connectivity index (χ0v) is 52.9. The normalized spacial score (nSPS) is 14.3. The van der Waals surface area contributed by atoms with Crippen molar-refractivity contribution in [1.29, 1.82) is 0 Å². The van der Waals surface area contributed by atoms with Gasteiger partial charge in [-0.15, -0.1) is 0 Å². The van der Waals surface area contributed by atoms with Crippen LogP contribution in [0.4, 0.5) is 0 Å². The zero-order chi connectivity index (χ0) is 62.5. The Morgan fingerprint density at radius 3 is 0.759 bits per heavy atom. The van der Waals surface area contributed by atoms with Crippen molar-refractivity contribution in [3.8, 4) is 0 Å². The lowest BCUT2D eigenvalue weighted by Crippen LogP contribution is -2.58. The van der Waals surface area contributed by atoms with E-state index in [1.807, 2.05) is 41.5 Å². The number of hydrogen-bond acceptors (Lipinski definition) is 11. The van der Waals surface area contributed by atoms with E-state index >= 15 is 0 Å². The van der Waals surface area contributed by atoms with E-state index in [9.17, 15) is 52.7 Å². The fraction of sp³-hybridized carbons (Fsp3) is 0.820. The fourth-order valence-corrected chi connectivity index (χ4v) is 9.27. The van der Waals surface area contributed by atoms with Crippen molar-refractivity contribution in [1.82, 2.24) is 58.5 Å². The minimum atomic E-state index is -1.15. The molecule has 11 N–H and O–H groups in total. The molecule has 0 aromatic heterocycles. The maximum absolute atomic E-state index is 14.0. The van der Waals surface area contributed by atoms with Crippen LogP contribution in [-0.4, -0.2) is 132 Å². The van der Waals surface area contributed by atoms with Crippen molar-refractivity contribution < 1.29 is 52.7 Å². The van der Waals surface area contributed by atoms with E-state index in [0.717, 1.165) is 109 Å². The molecule has 0 aliphatic carbocycles. The van der Waals surface area contributed by atoms with Gasteiger partial charge in [0.15, 0.2) is 0 Å². The summed E-state index contributed by atoms with van der Waals surface area (Å²) in [7, 11) is 0. The predicted molar refractivity (Wildman–Crippen MR) is 325 cm³/mol. The number of unbranched alkanes of at least 4 members (excludes halogenated alkanes) is 14. The minimum Gasteiger partial charge on any atom is -0.352 e. The second-order valence-electron chi connectivity index (χ2n) is 22.5. The second kappa shape index (κ2) is 47.5. The van der Waals surface area contributed by atoms with Gasteiger partial charge >= 0.3 is 0 Å². The molecule has 0 rings (SSSR count). The molecular weight excluding hydrogens is 1060 g/mol. The molecule has 0 fully saturated rings. The maximum atomic E-state index is 14.0. The standard InChI is InChI=1S/C61H113N11O11/c1-12-19-26-33-42(8)64-56(78)49(37-30-23-16-5)70-60(82)47(35-28-21-14-3)68-52(74)40-62-55(77)44(10)66-58(80)51(39-32-25-18-7)72-61(83)48(36-29-22-15-4)69-53(75)41-63-54(76)43(9)65-57(79)50(38-31-24-17-6)71-59(81)46(67-45(11)73)34-27-20-13-2/h42-44,46-51H,12-41H2,1-11H3,(H,62,77)(H,63,76)(H,64,78)(H,65,79)(H,66,80)(H,67,73)(H,68,74)(H,69,75)(H,70,82)(H,71,81)(H,72,83)/t42-,43+,44+,46+,47+,48+,49+,50+,51+/m1/s1. The molecule has 0 saturated heterocycles. The third-order valence-electron chi connectivity index (χ3n) is 14.5. The van der Waals surface area contributed by atoms with Gasteiger partial charge in [0.2, 0.25) is 65.0 Å². The van der Waals surface area contributed by atoms with Crippen LogP contribution in [0.25, 0.3) is 0 Å². The summed E-state index contributed by atoms with van der Waals surface area (Å²) in [6.45, 7) is 19.3. The van der Waals surface area contributed by atoms with Crippen LogP contribution < -0.4 is 58.5 Å². The number of amides is 11. The van der Waals surface area contributed by atoms with E-state index < -0.39 is 115 Å². The summed E-state index contributed by atoms with van der Waals surface area (Å²) in [6.07, 6.45) is 19.8. The molecular formula is C61H113N11O11. The van der Waals surface area contributed by atoms with E-state index in [4.69, 9.17) is 0 Å². The average molecular weight is 1180 g/mol. The third-order valence-corrected chi connectivity index (χ3v) is 14.5. The van der Waals surface area contributed by atoms with Crippen LogP contribution in [0.5, 0.6) is 0 Å². The van der Waals surface area contributed by atoms with E-state index in [0.29, 0.717) is 57.8 Å². The van der Waals surface area contributed by atoms with Gasteiger partial charge in [-0.2, -0.15) is 0 Å². The van der Waals surface area contributed by atoms with Gasteiger partial charge in [0.25, 0.3) is 0 Å². The lowest BCUT2D eigenvalue weighted by Gasteiger charge is -2.25. The molecule has 83 heavy (non-hydrogen) atoms. The van der Waals surface area contributed by atoms with E-state index in [1.54, 1.807) is 0 Å². The smallest absolute Gasteiger partial charge is 0.243 e. The molecule has 478 valence electrons. The largest absolute Gasteiger partial charge is 0.352 e. The van der Waals surface area contributed by atoms with Crippen LogP contribution in [0.3, 0.4) is 0 Å². The Hall–Kier alpha value is -5.83. The third kappa shape index (κ3) is 36.5. The molecule has 22 heteroatoms. The lowest BCUT2D eigenvalue weighted by molar-refractivity contribution is -0.134. The van der Waals surface area contributed by atoms with Crippen LogP contribution >= 0.6 is 0 Å². The quantitative estimate of drug-likeness (QED) is 0.0327. The molecule has 0 bridgehead atoms. The number of hydrogen-bond donors (Lipinski definition) is 11. The first-order valence-electron chi connectivity index (χ1n) is 31.9. The second-order valence-corrected chi connectivity index (χ2v) is 22.5. The highest BCUT2D eigenvalue weighted by Crippen LogP contribution is 2.13. The van der Waals surface area contributed by atoms with Crippen LogP contribution in [0, 0.1) is 0 Å². The Labute approximate surface area is 497 Å². The van der Waals surface area contributed by atoms with Gasteiger partial charge in [0.1, 0.15) is 48.3 Å². The van der Waals surface area contributed by atoms with Crippen molar-refractivity contribution in [2.45, 2.75) is 310 Å². The molecule has 0 aromatic rings. The number of rotatable bonds is 49. The summed E-state index contributed by atoms with van der Waals surface area (Å²) in [5.74, 6) is -6.23. The monoisotopic (exact) mass is 1180 g/mol. The van der Waals surface area contributed by atoms with Crippen molar-refractivity contribution in [2.24, 2.45) is 0 Å². The van der Waals surface area contributed by atoms with Crippen molar-refractivity contribution in [3.05, 3.63) is 0 Å².